The number of amides is 1. The van der Waals surface area contributed by atoms with E-state index < -0.39 is 0 Å². The number of aromatic nitrogens is 1. The van der Waals surface area contributed by atoms with E-state index in [0.29, 0.717) is 28.5 Å². The molecule has 0 aliphatic carbocycles. The number of anilines is 1. The summed E-state index contributed by atoms with van der Waals surface area (Å²) in [6.07, 6.45) is 3.04. The molecule has 28 heavy (non-hydrogen) atoms. The van der Waals surface area contributed by atoms with Gasteiger partial charge in [0.2, 0.25) is 11.7 Å². The number of thiazole rings is 1. The van der Waals surface area contributed by atoms with Crippen LogP contribution in [0.2, 0.25) is 0 Å². The van der Waals surface area contributed by atoms with Gasteiger partial charge in [0.05, 0.1) is 31.5 Å². The number of hydrogen-bond acceptors (Lipinski definition) is 6. The van der Waals surface area contributed by atoms with Gasteiger partial charge in [-0.2, -0.15) is 0 Å². The second-order valence-electron chi connectivity index (χ2n) is 5.86. The number of benzene rings is 2. The minimum absolute atomic E-state index is 0.0427. The van der Waals surface area contributed by atoms with E-state index in [1.807, 2.05) is 6.07 Å². The molecule has 7 nitrogen and oxygen atoms in total. The van der Waals surface area contributed by atoms with Crippen LogP contribution in [0.4, 0.5) is 5.69 Å². The number of carbonyl (C=O) groups excluding carboxylic acids is 1. The molecule has 8 heteroatoms. The highest BCUT2D eigenvalue weighted by Crippen LogP contribution is 2.40. The Morgan fingerprint density at radius 2 is 1.82 bits per heavy atom. The molecule has 146 valence electrons. The smallest absolute Gasteiger partial charge is 0.307 e. The molecular formula is C20H20N2O5S. The summed E-state index contributed by atoms with van der Waals surface area (Å²) in [6.45, 7) is 0. The van der Waals surface area contributed by atoms with Crippen molar-refractivity contribution in [1.29, 1.82) is 0 Å². The summed E-state index contributed by atoms with van der Waals surface area (Å²) in [4.78, 5) is 24.0. The predicted molar refractivity (Wildman–Crippen MR) is 111 cm³/mol. The summed E-state index contributed by atoms with van der Waals surface area (Å²) < 4.78 is 18.4. The lowest BCUT2D eigenvalue weighted by atomic mass is 10.1. The molecule has 0 spiro atoms. The minimum atomic E-state index is -0.306. The van der Waals surface area contributed by atoms with E-state index in [-0.39, 0.29) is 10.8 Å². The van der Waals surface area contributed by atoms with Gasteiger partial charge in [-0.3, -0.25) is 9.59 Å². The van der Waals surface area contributed by atoms with Crippen molar-refractivity contribution in [2.45, 2.75) is 0 Å². The van der Waals surface area contributed by atoms with Crippen molar-refractivity contribution in [2.75, 3.05) is 26.6 Å². The lowest BCUT2D eigenvalue weighted by Crippen LogP contribution is -2.08. The second kappa shape index (κ2) is 8.18. The average molecular weight is 400 g/mol. The van der Waals surface area contributed by atoms with Crippen molar-refractivity contribution in [3.8, 4) is 17.2 Å². The SMILES string of the molecule is COc1ccc(/C=C/C(=O)Nc2ccc3c(c2)sc(=O)n3C)c(OC)c1OC. The number of aryl methyl sites for hydroxylation is 1. The van der Waals surface area contributed by atoms with E-state index in [0.717, 1.165) is 21.6 Å². The molecule has 1 N–H and O–H groups in total. The van der Waals surface area contributed by atoms with Gasteiger partial charge in [0.15, 0.2) is 11.5 Å². The number of ether oxygens (including phenoxy) is 3. The zero-order chi connectivity index (χ0) is 20.3. The Balaban J connectivity index is 1.81. The molecule has 0 saturated heterocycles. The van der Waals surface area contributed by atoms with E-state index in [2.05, 4.69) is 5.32 Å². The van der Waals surface area contributed by atoms with Crippen LogP contribution in [0, 0.1) is 0 Å². The first-order valence-electron chi connectivity index (χ1n) is 8.36. The first-order valence-corrected chi connectivity index (χ1v) is 9.17. The highest BCUT2D eigenvalue weighted by atomic mass is 32.1. The van der Waals surface area contributed by atoms with E-state index in [1.54, 1.807) is 49.1 Å². The Hall–Kier alpha value is -3.26. The molecule has 0 saturated carbocycles. The summed E-state index contributed by atoms with van der Waals surface area (Å²) >= 11 is 1.14. The van der Waals surface area contributed by atoms with Crippen LogP contribution in [0.5, 0.6) is 17.2 Å². The average Bonchev–Trinajstić information content (AvgIpc) is 2.98. The fourth-order valence-electron chi connectivity index (χ4n) is 2.82. The maximum Gasteiger partial charge on any atom is 0.307 e. The number of hydrogen-bond donors (Lipinski definition) is 1. The van der Waals surface area contributed by atoms with Crippen molar-refractivity contribution >= 4 is 39.2 Å². The van der Waals surface area contributed by atoms with Crippen molar-refractivity contribution < 1.29 is 19.0 Å². The van der Waals surface area contributed by atoms with Crippen LogP contribution in [0.1, 0.15) is 5.56 Å². The van der Waals surface area contributed by atoms with Gasteiger partial charge in [-0.1, -0.05) is 11.3 Å². The Morgan fingerprint density at radius 1 is 1.07 bits per heavy atom. The molecule has 0 fully saturated rings. The maximum atomic E-state index is 12.3. The molecule has 3 rings (SSSR count). The van der Waals surface area contributed by atoms with Gasteiger partial charge < -0.3 is 24.1 Å². The summed E-state index contributed by atoms with van der Waals surface area (Å²) in [6, 6.07) is 8.87. The molecule has 1 amide bonds. The van der Waals surface area contributed by atoms with E-state index in [9.17, 15) is 9.59 Å². The van der Waals surface area contributed by atoms with Crippen molar-refractivity contribution in [3.05, 3.63) is 51.6 Å². The lowest BCUT2D eigenvalue weighted by Gasteiger charge is -2.13. The van der Waals surface area contributed by atoms with Crippen LogP contribution in [0.25, 0.3) is 16.3 Å². The molecule has 0 bridgehead atoms. The minimum Gasteiger partial charge on any atom is -0.493 e. The van der Waals surface area contributed by atoms with Gasteiger partial charge in [-0.25, -0.2) is 0 Å². The summed E-state index contributed by atoms with van der Waals surface area (Å²) in [5, 5.41) is 2.79. The molecular weight excluding hydrogens is 380 g/mol. The molecule has 1 heterocycles. The van der Waals surface area contributed by atoms with Gasteiger partial charge in [0, 0.05) is 24.4 Å². The lowest BCUT2D eigenvalue weighted by molar-refractivity contribution is -0.111. The number of rotatable bonds is 6. The molecule has 0 unspecified atom stereocenters. The first kappa shape index (κ1) is 19.5. The summed E-state index contributed by atoms with van der Waals surface area (Å²) in [5.74, 6) is 1.16. The molecule has 0 aliphatic heterocycles. The normalized spacial score (nSPS) is 11.0. The third-order valence-corrected chi connectivity index (χ3v) is 5.20. The number of nitrogens with one attached hydrogen (secondary N) is 1. The van der Waals surface area contributed by atoms with Crippen LogP contribution < -0.4 is 24.4 Å². The molecule has 2 aromatic carbocycles. The standard InChI is InChI=1S/C20H20N2O5S/c1-22-14-8-7-13(11-16(14)28-20(22)24)21-17(23)10-6-12-5-9-15(25-2)19(27-4)18(12)26-3/h5-11H,1-4H3,(H,21,23)/b10-6+. The summed E-state index contributed by atoms with van der Waals surface area (Å²) in [5.41, 5.74) is 2.12. The fourth-order valence-corrected chi connectivity index (χ4v) is 3.74. The quantitative estimate of drug-likeness (QED) is 0.643. The predicted octanol–water partition coefficient (Wildman–Crippen LogP) is 3.28. The van der Waals surface area contributed by atoms with Crippen molar-refractivity contribution in [2.24, 2.45) is 7.05 Å². The van der Waals surface area contributed by atoms with Crippen molar-refractivity contribution in [3.63, 3.8) is 0 Å². The van der Waals surface area contributed by atoms with Crippen LogP contribution in [-0.2, 0) is 11.8 Å². The van der Waals surface area contributed by atoms with E-state index in [4.69, 9.17) is 14.2 Å². The molecule has 3 aromatic rings. The number of methoxy groups -OCH3 is 3. The van der Waals surface area contributed by atoms with Gasteiger partial charge in [-0.15, -0.1) is 0 Å². The van der Waals surface area contributed by atoms with Gasteiger partial charge in [0.25, 0.3) is 0 Å². The Bertz CT molecular complexity index is 1110. The van der Waals surface area contributed by atoms with Crippen LogP contribution in [0.15, 0.2) is 41.2 Å². The maximum absolute atomic E-state index is 12.3. The largest absolute Gasteiger partial charge is 0.493 e. The zero-order valence-electron chi connectivity index (χ0n) is 15.9. The van der Waals surface area contributed by atoms with Crippen LogP contribution in [0.3, 0.4) is 0 Å². The molecule has 0 radical (unpaired) electrons. The Labute approximate surface area is 165 Å². The van der Waals surface area contributed by atoms with Gasteiger partial charge in [-0.05, 0) is 36.4 Å². The summed E-state index contributed by atoms with van der Waals surface area (Å²) in [7, 11) is 6.31. The van der Waals surface area contributed by atoms with Crippen LogP contribution in [-0.4, -0.2) is 31.8 Å². The molecule has 0 atom stereocenters. The highest BCUT2D eigenvalue weighted by molar-refractivity contribution is 7.16. The Kier molecular flexibility index (Phi) is 5.70. The number of nitrogens with zero attached hydrogens (tertiary/aromatic N) is 1. The molecule has 0 aliphatic rings. The fraction of sp³-hybridized carbons (Fsp3) is 0.200. The monoisotopic (exact) mass is 400 g/mol. The second-order valence-corrected chi connectivity index (χ2v) is 6.85. The van der Waals surface area contributed by atoms with Crippen LogP contribution >= 0.6 is 11.3 Å². The third-order valence-electron chi connectivity index (χ3n) is 4.21. The van der Waals surface area contributed by atoms with E-state index in [1.165, 1.54) is 20.3 Å². The zero-order valence-corrected chi connectivity index (χ0v) is 16.8. The number of carbonyl (C=O) groups is 1. The van der Waals surface area contributed by atoms with Gasteiger partial charge in [0.1, 0.15) is 0 Å². The topological polar surface area (TPSA) is 78.8 Å². The molecule has 1 aromatic heterocycles. The Morgan fingerprint density at radius 3 is 2.50 bits per heavy atom. The number of fused-ring (bicyclic) bond motifs is 1. The van der Waals surface area contributed by atoms with E-state index >= 15 is 0 Å². The highest BCUT2D eigenvalue weighted by Gasteiger charge is 2.14. The third kappa shape index (κ3) is 3.72. The van der Waals surface area contributed by atoms with Gasteiger partial charge >= 0.3 is 4.87 Å². The first-order chi connectivity index (χ1) is 13.5. The van der Waals surface area contributed by atoms with Crippen molar-refractivity contribution in [1.82, 2.24) is 4.57 Å².